The molecule has 706 valence electrons. The molecule has 10 nitrogen and oxygen atoms in total. The molecule has 0 bridgehead atoms. The number of para-hydroxylation sites is 8. The van der Waals surface area contributed by atoms with Crippen molar-refractivity contribution in [1.29, 1.82) is 0 Å². The largest absolute Gasteiger partial charge is 0.309 e. The second-order valence-electron chi connectivity index (χ2n) is 42.2. The van der Waals surface area contributed by atoms with E-state index in [0.29, 0.717) is 0 Å². The van der Waals surface area contributed by atoms with Crippen LogP contribution in [0.2, 0.25) is 0 Å². The highest BCUT2D eigenvalue weighted by Crippen LogP contribution is 2.59. The molecular weight excluding hydrogens is 1830 g/mol. The van der Waals surface area contributed by atoms with Gasteiger partial charge in [-0.25, -0.2) is 29.9 Å². The van der Waals surface area contributed by atoms with Gasteiger partial charge in [0.2, 0.25) is 0 Å². The van der Waals surface area contributed by atoms with Crippen LogP contribution in [0.5, 0.6) is 0 Å². The number of aromatic nitrogens is 10. The summed E-state index contributed by atoms with van der Waals surface area (Å²) in [6.45, 7) is 18.5. The fraction of sp³-hybridized carbons (Fsp3) is 0.0870. The summed E-state index contributed by atoms with van der Waals surface area (Å²) in [7, 11) is 0. The number of benzene rings is 19. The first-order chi connectivity index (χ1) is 73.0. The summed E-state index contributed by atoms with van der Waals surface area (Å²) in [6, 6.07) is 162. The molecule has 0 radical (unpaired) electrons. The van der Waals surface area contributed by atoms with Gasteiger partial charge in [0.1, 0.15) is 0 Å². The Morgan fingerprint density at radius 2 is 0.463 bits per heavy atom. The number of nitrogens with zero attached hydrogens (tertiary/aromatic N) is 10. The van der Waals surface area contributed by atoms with Crippen molar-refractivity contribution in [3.8, 4) is 135 Å². The predicted molar refractivity (Wildman–Crippen MR) is 619 cm³/mol. The average molecular weight is 1930 g/mol. The molecule has 31 rings (SSSR count). The van der Waals surface area contributed by atoms with Crippen LogP contribution in [0.4, 0.5) is 0 Å². The summed E-state index contributed by atoms with van der Waals surface area (Å²) in [4.78, 5) is 32.4. The fourth-order valence-electron chi connectivity index (χ4n) is 25.4. The number of hydrogen-bond acceptors (Lipinski definition) is 7. The van der Waals surface area contributed by atoms with Crippen molar-refractivity contribution in [2.24, 2.45) is 0 Å². The molecule has 0 saturated heterocycles. The molecule has 4 aliphatic rings. The Kier molecular flexibility index (Phi) is 19.5. The van der Waals surface area contributed by atoms with E-state index in [2.05, 4.69) is 504 Å². The van der Waals surface area contributed by atoms with E-state index in [1.807, 2.05) is 29.5 Å². The number of thiophene rings is 1. The third kappa shape index (κ3) is 13.1. The SMILES string of the molecule is CC1(C)c2ccccc2-c2c(-c3ccccc3-n3c4ccccc4c4cc5c(cc43)c3ccccc3n5-c3ccccc3)nc(-c3ccccc3)nc21.CC1(C)c2ccccc2-c2c(-c3ccccc3-n3c4ccccc4c4cc5sc6ccccc6c5cc43)nc(-c3ccccc3)nc21.CC1(C)c2ccccc2-c2cc3c(cc21)c1ccccc1n3-c1ccccc1-c1nc(-c2ccccc2)nc2c1-c1ccccc1C2(C)C. The molecular formula is C138H98N10S. The molecule has 0 fully saturated rings. The molecule has 27 aromatic rings. The molecule has 8 heterocycles. The molecule has 0 N–H and O–H groups in total. The van der Waals surface area contributed by atoms with Gasteiger partial charge < -0.3 is 18.3 Å². The lowest BCUT2D eigenvalue weighted by atomic mass is 9.82. The number of hydrogen-bond donors (Lipinski definition) is 0. The Balaban J connectivity index is 0.000000105. The molecule has 0 spiro atoms. The first-order valence-corrected chi connectivity index (χ1v) is 52.4. The van der Waals surface area contributed by atoms with Crippen LogP contribution in [-0.2, 0) is 21.7 Å². The zero-order valence-electron chi connectivity index (χ0n) is 83.6. The Hall–Kier alpha value is -18.2. The normalized spacial score (nSPS) is 13.9. The summed E-state index contributed by atoms with van der Waals surface area (Å²) in [5.74, 6) is 2.25. The van der Waals surface area contributed by atoms with Crippen molar-refractivity contribution in [1.82, 2.24) is 48.2 Å². The molecule has 149 heavy (non-hydrogen) atoms. The first kappa shape index (κ1) is 87.4. The van der Waals surface area contributed by atoms with Crippen LogP contribution in [0.1, 0.15) is 100 Å². The zero-order chi connectivity index (χ0) is 99.6. The average Bonchev–Trinajstić information content (AvgIpc) is 1.57. The van der Waals surface area contributed by atoms with E-state index < -0.39 is 0 Å². The molecule has 0 aliphatic heterocycles. The van der Waals surface area contributed by atoms with Crippen molar-refractivity contribution in [3.05, 3.63) is 494 Å². The third-order valence-corrected chi connectivity index (χ3v) is 33.6. The van der Waals surface area contributed by atoms with Crippen molar-refractivity contribution in [2.45, 2.75) is 77.0 Å². The van der Waals surface area contributed by atoms with Crippen LogP contribution in [-0.4, -0.2) is 48.2 Å². The minimum absolute atomic E-state index is 0.0726. The van der Waals surface area contributed by atoms with Gasteiger partial charge in [-0.1, -0.05) is 407 Å². The monoisotopic (exact) mass is 1930 g/mol. The summed E-state index contributed by atoms with van der Waals surface area (Å²) in [5, 5.41) is 12.5. The maximum absolute atomic E-state index is 5.48. The predicted octanol–water partition coefficient (Wildman–Crippen LogP) is 35.4. The van der Waals surface area contributed by atoms with Crippen molar-refractivity contribution in [3.63, 3.8) is 0 Å². The molecule has 0 unspecified atom stereocenters. The maximum atomic E-state index is 5.48. The quantitative estimate of drug-likeness (QED) is 0.135. The van der Waals surface area contributed by atoms with Gasteiger partial charge in [-0.15, -0.1) is 11.3 Å². The van der Waals surface area contributed by atoms with Crippen LogP contribution in [0.15, 0.2) is 449 Å². The summed E-state index contributed by atoms with van der Waals surface area (Å²) in [6.07, 6.45) is 0. The van der Waals surface area contributed by atoms with Gasteiger partial charge in [-0.05, 0) is 153 Å². The van der Waals surface area contributed by atoms with Crippen LogP contribution < -0.4 is 0 Å². The standard InChI is InChI=1S/C49H34N4.C46H35N3.C43H29N3S/c1-49(2)39-25-13-9-23-35(39)45-46(50-48(51-47(45)49)31-17-5-3-6-18-31)36-24-12-16-28-42(36)53-41-27-15-11-22-34(41)38-29-43-37(30-44(38)53)33-21-10-14-26-40(33)52(43)32-19-7-4-8-20-32;1-45(2)35-22-12-8-18-29(35)33-27-40-34(26-37(33)45)30-19-10-14-24-38(30)49(40)39-25-15-11-21-32(39)42-41-31-20-9-13-23-36(31)46(3,4)43(41)48-44(47-42)28-16-6-5-7-17-28;1-43(2)33-20-10-6-18-29(33)39-40(44-42(45-41(39)43)26-14-4-3-5-15-26)30-19-8-12-22-35(30)46-34-21-11-7-16-27(34)31-25-38-32(24-36(31)46)28-17-9-13-23-37(28)47-38/h3-30H,1-2H3;5-27H,1-4H3;3-25H,1-2H3. The molecule has 8 aromatic heterocycles. The molecule has 0 saturated carbocycles. The van der Waals surface area contributed by atoms with Crippen LogP contribution in [0.25, 0.3) is 243 Å². The fourth-order valence-corrected chi connectivity index (χ4v) is 26.5. The van der Waals surface area contributed by atoms with Crippen LogP contribution >= 0.6 is 11.3 Å². The lowest BCUT2D eigenvalue weighted by Crippen LogP contribution is -2.17. The minimum atomic E-state index is -0.284. The van der Waals surface area contributed by atoms with E-state index in [1.54, 1.807) is 0 Å². The maximum Gasteiger partial charge on any atom is 0.160 e. The smallest absolute Gasteiger partial charge is 0.160 e. The van der Waals surface area contributed by atoms with E-state index in [1.165, 1.54) is 152 Å². The first-order valence-electron chi connectivity index (χ1n) is 51.6. The summed E-state index contributed by atoms with van der Waals surface area (Å²) >= 11 is 1.87. The van der Waals surface area contributed by atoms with Gasteiger partial charge >= 0.3 is 0 Å². The Morgan fingerprint density at radius 3 is 0.859 bits per heavy atom. The van der Waals surface area contributed by atoms with Gasteiger partial charge in [-0.2, -0.15) is 0 Å². The van der Waals surface area contributed by atoms with Crippen LogP contribution in [0.3, 0.4) is 0 Å². The highest BCUT2D eigenvalue weighted by molar-refractivity contribution is 7.25. The van der Waals surface area contributed by atoms with Gasteiger partial charge in [0.15, 0.2) is 17.5 Å². The number of fused-ring (bicyclic) bond motifs is 27. The Labute approximate surface area is 866 Å². The van der Waals surface area contributed by atoms with Crippen LogP contribution in [0, 0.1) is 0 Å². The van der Waals surface area contributed by atoms with E-state index in [9.17, 15) is 0 Å². The molecule has 4 aliphatic carbocycles. The van der Waals surface area contributed by atoms with Crippen molar-refractivity contribution < 1.29 is 0 Å². The Morgan fingerprint density at radius 1 is 0.181 bits per heavy atom. The molecule has 11 heteroatoms. The van der Waals surface area contributed by atoms with E-state index in [-0.39, 0.29) is 21.7 Å². The summed E-state index contributed by atoms with van der Waals surface area (Å²) < 4.78 is 12.4. The highest BCUT2D eigenvalue weighted by atomic mass is 32.1. The van der Waals surface area contributed by atoms with Gasteiger partial charge in [0, 0.05) is 141 Å². The Bertz CT molecular complexity index is 10300. The van der Waals surface area contributed by atoms with E-state index in [0.717, 1.165) is 135 Å². The van der Waals surface area contributed by atoms with E-state index in [4.69, 9.17) is 29.9 Å². The second kappa shape index (κ2) is 33.2. The lowest BCUT2D eigenvalue weighted by Gasteiger charge is -2.22. The second-order valence-corrected chi connectivity index (χ2v) is 43.3. The minimum Gasteiger partial charge on any atom is -0.309 e. The van der Waals surface area contributed by atoms with E-state index >= 15 is 0 Å². The molecule has 0 amide bonds. The van der Waals surface area contributed by atoms with Gasteiger partial charge in [-0.3, -0.25) is 0 Å². The molecule has 0 atom stereocenters. The number of rotatable bonds is 10. The van der Waals surface area contributed by atoms with Crippen molar-refractivity contribution >= 4 is 119 Å². The van der Waals surface area contributed by atoms with Crippen molar-refractivity contribution in [2.75, 3.05) is 0 Å². The molecule has 19 aromatic carbocycles. The summed E-state index contributed by atoms with van der Waals surface area (Å²) in [5.41, 5.74) is 41.8. The topological polar surface area (TPSA) is 97.1 Å². The zero-order valence-corrected chi connectivity index (χ0v) is 84.4. The van der Waals surface area contributed by atoms with Gasteiger partial charge in [0.05, 0.1) is 95.4 Å². The highest BCUT2D eigenvalue weighted by Gasteiger charge is 2.45. The third-order valence-electron chi connectivity index (χ3n) is 32.4. The lowest BCUT2D eigenvalue weighted by molar-refractivity contribution is 0.636. The van der Waals surface area contributed by atoms with Gasteiger partial charge in [0.25, 0.3) is 0 Å².